The number of hydrogen-bond acceptors (Lipinski definition) is 5. The zero-order valence-electron chi connectivity index (χ0n) is 9.20. The smallest absolute Gasteiger partial charge is 0.381 e. The topological polar surface area (TPSA) is 38.2 Å². The second-order valence-corrected chi connectivity index (χ2v) is 4.95. The van der Waals surface area contributed by atoms with E-state index in [0.29, 0.717) is 35.5 Å². The number of aromatic nitrogens is 2. The lowest BCUT2D eigenvalue weighted by atomic mass is 10.1. The van der Waals surface area contributed by atoms with Crippen molar-refractivity contribution in [3.8, 4) is 0 Å². The Morgan fingerprint density at radius 1 is 1.47 bits per heavy atom. The van der Waals surface area contributed by atoms with Crippen molar-refractivity contribution < 1.29 is 17.9 Å². The molecule has 2 heterocycles. The van der Waals surface area contributed by atoms with Crippen LogP contribution in [0.3, 0.4) is 0 Å². The Kier molecular flexibility index (Phi) is 3.53. The van der Waals surface area contributed by atoms with E-state index in [1.165, 1.54) is 0 Å². The normalized spacial score (nSPS) is 20.8. The van der Waals surface area contributed by atoms with Gasteiger partial charge < -0.3 is 9.64 Å². The SMILES string of the molecule is CN(CC1CCOC1)c1nnc(C(F)(F)F)s1. The van der Waals surface area contributed by atoms with Crippen LogP contribution in [0.15, 0.2) is 0 Å². The molecule has 0 radical (unpaired) electrons. The molecule has 8 heteroatoms. The predicted octanol–water partition coefficient (Wildman–Crippen LogP) is 2.03. The van der Waals surface area contributed by atoms with E-state index in [4.69, 9.17) is 4.74 Å². The summed E-state index contributed by atoms with van der Waals surface area (Å²) in [5.74, 6) is 0.359. The molecule has 2 rings (SSSR count). The number of nitrogens with zero attached hydrogens (tertiary/aromatic N) is 3. The number of alkyl halides is 3. The molecular weight excluding hydrogens is 255 g/mol. The number of halogens is 3. The largest absolute Gasteiger partial charge is 0.445 e. The summed E-state index contributed by atoms with van der Waals surface area (Å²) >= 11 is 0.569. The van der Waals surface area contributed by atoms with Gasteiger partial charge in [-0.3, -0.25) is 0 Å². The van der Waals surface area contributed by atoms with Crippen molar-refractivity contribution in [2.45, 2.75) is 12.6 Å². The highest BCUT2D eigenvalue weighted by Crippen LogP contribution is 2.34. The van der Waals surface area contributed by atoms with Crippen molar-refractivity contribution in [1.29, 1.82) is 0 Å². The van der Waals surface area contributed by atoms with E-state index >= 15 is 0 Å². The van der Waals surface area contributed by atoms with E-state index < -0.39 is 11.2 Å². The Hall–Kier alpha value is -0.890. The minimum atomic E-state index is -4.41. The average Bonchev–Trinajstić information content (AvgIpc) is 2.85. The maximum absolute atomic E-state index is 12.3. The lowest BCUT2D eigenvalue weighted by Gasteiger charge is -2.18. The van der Waals surface area contributed by atoms with E-state index in [-0.39, 0.29) is 0 Å². The van der Waals surface area contributed by atoms with Crippen molar-refractivity contribution in [3.05, 3.63) is 5.01 Å². The molecular formula is C9H12F3N3OS. The van der Waals surface area contributed by atoms with Crippen LogP contribution in [0.5, 0.6) is 0 Å². The van der Waals surface area contributed by atoms with Crippen LogP contribution in [-0.2, 0) is 10.9 Å². The summed E-state index contributed by atoms with van der Waals surface area (Å²) in [6.07, 6.45) is -3.47. The standard InChI is InChI=1S/C9H12F3N3OS/c1-15(4-6-2-3-16-5-6)8-14-13-7(17-8)9(10,11)12/h6H,2-5H2,1H3. The first-order valence-corrected chi connectivity index (χ1v) is 5.98. The molecule has 4 nitrogen and oxygen atoms in total. The molecule has 1 aromatic heterocycles. The fourth-order valence-electron chi connectivity index (χ4n) is 1.68. The second kappa shape index (κ2) is 4.77. The van der Waals surface area contributed by atoms with Crippen molar-refractivity contribution in [2.75, 3.05) is 31.7 Å². The van der Waals surface area contributed by atoms with Crippen molar-refractivity contribution in [3.63, 3.8) is 0 Å². The maximum Gasteiger partial charge on any atom is 0.445 e. The van der Waals surface area contributed by atoms with Crippen LogP contribution < -0.4 is 4.90 Å². The third kappa shape index (κ3) is 3.06. The van der Waals surface area contributed by atoms with E-state index in [0.717, 1.165) is 13.0 Å². The highest BCUT2D eigenvalue weighted by atomic mass is 32.1. The summed E-state index contributed by atoms with van der Waals surface area (Å²) < 4.78 is 42.2. The summed E-state index contributed by atoms with van der Waals surface area (Å²) in [5.41, 5.74) is 0. The van der Waals surface area contributed by atoms with Crippen molar-refractivity contribution in [1.82, 2.24) is 10.2 Å². The molecule has 1 saturated heterocycles. The van der Waals surface area contributed by atoms with Crippen LogP contribution in [0.1, 0.15) is 11.4 Å². The Balaban J connectivity index is 1.99. The Morgan fingerprint density at radius 2 is 2.24 bits per heavy atom. The van der Waals surface area contributed by atoms with Gasteiger partial charge in [0.05, 0.1) is 6.61 Å². The first-order valence-electron chi connectivity index (χ1n) is 5.16. The summed E-state index contributed by atoms with van der Waals surface area (Å²) in [4.78, 5) is 1.70. The quantitative estimate of drug-likeness (QED) is 0.840. The highest BCUT2D eigenvalue weighted by Gasteiger charge is 2.36. The Morgan fingerprint density at radius 3 is 2.76 bits per heavy atom. The second-order valence-electron chi connectivity index (χ2n) is 4.00. The molecule has 17 heavy (non-hydrogen) atoms. The molecule has 0 spiro atoms. The molecule has 0 bridgehead atoms. The molecule has 1 aromatic rings. The molecule has 1 fully saturated rings. The minimum absolute atomic E-state index is 0.296. The van der Waals surface area contributed by atoms with Crippen molar-refractivity contribution >= 4 is 16.5 Å². The van der Waals surface area contributed by atoms with Gasteiger partial charge in [-0.05, 0) is 6.42 Å². The van der Waals surface area contributed by atoms with Crippen LogP contribution in [0.4, 0.5) is 18.3 Å². The van der Waals surface area contributed by atoms with Gasteiger partial charge >= 0.3 is 6.18 Å². The average molecular weight is 267 g/mol. The van der Waals surface area contributed by atoms with Gasteiger partial charge in [-0.1, -0.05) is 11.3 Å². The molecule has 1 aliphatic rings. The van der Waals surface area contributed by atoms with E-state index in [9.17, 15) is 13.2 Å². The molecule has 0 saturated carbocycles. The van der Waals surface area contributed by atoms with Crippen LogP contribution >= 0.6 is 11.3 Å². The molecule has 1 atom stereocenters. The first kappa shape index (κ1) is 12.6. The highest BCUT2D eigenvalue weighted by molar-refractivity contribution is 7.15. The summed E-state index contributed by atoms with van der Waals surface area (Å²) in [5, 5.41) is 6.11. The van der Waals surface area contributed by atoms with Crippen LogP contribution in [0.2, 0.25) is 0 Å². The van der Waals surface area contributed by atoms with E-state index in [1.54, 1.807) is 11.9 Å². The van der Waals surface area contributed by atoms with Gasteiger partial charge in [0.1, 0.15) is 0 Å². The number of ether oxygens (including phenoxy) is 1. The van der Waals surface area contributed by atoms with Gasteiger partial charge in [-0.15, -0.1) is 10.2 Å². The maximum atomic E-state index is 12.3. The van der Waals surface area contributed by atoms with Gasteiger partial charge in [0, 0.05) is 26.1 Å². The number of anilines is 1. The zero-order chi connectivity index (χ0) is 12.5. The summed E-state index contributed by atoms with van der Waals surface area (Å²) in [6.45, 7) is 2.03. The molecule has 1 unspecified atom stereocenters. The molecule has 1 aliphatic heterocycles. The van der Waals surface area contributed by atoms with Gasteiger partial charge in [0.25, 0.3) is 0 Å². The molecule has 0 amide bonds. The van der Waals surface area contributed by atoms with Crippen LogP contribution in [0.25, 0.3) is 0 Å². The fraction of sp³-hybridized carbons (Fsp3) is 0.778. The number of rotatable bonds is 3. The predicted molar refractivity (Wildman–Crippen MR) is 57.1 cm³/mol. The summed E-state index contributed by atoms with van der Waals surface area (Å²) in [7, 11) is 1.72. The van der Waals surface area contributed by atoms with Gasteiger partial charge in [-0.25, -0.2) is 0 Å². The fourth-order valence-corrected chi connectivity index (χ4v) is 2.36. The van der Waals surface area contributed by atoms with Gasteiger partial charge in [0.15, 0.2) is 0 Å². The van der Waals surface area contributed by atoms with Crippen LogP contribution in [-0.4, -0.2) is 37.0 Å². The number of hydrogen-bond donors (Lipinski definition) is 0. The minimum Gasteiger partial charge on any atom is -0.381 e. The summed E-state index contributed by atoms with van der Waals surface area (Å²) in [6, 6.07) is 0. The van der Waals surface area contributed by atoms with Crippen LogP contribution in [0, 0.1) is 5.92 Å². The lowest BCUT2D eigenvalue weighted by Crippen LogP contribution is -2.25. The first-order chi connectivity index (χ1) is 7.97. The monoisotopic (exact) mass is 267 g/mol. The van der Waals surface area contributed by atoms with E-state index in [1.807, 2.05) is 0 Å². The molecule has 0 aromatic carbocycles. The van der Waals surface area contributed by atoms with Crippen molar-refractivity contribution in [2.24, 2.45) is 5.92 Å². The zero-order valence-corrected chi connectivity index (χ0v) is 10.0. The third-order valence-corrected chi connectivity index (χ3v) is 3.62. The van der Waals surface area contributed by atoms with Gasteiger partial charge in [-0.2, -0.15) is 13.2 Å². The van der Waals surface area contributed by atoms with E-state index in [2.05, 4.69) is 10.2 Å². The van der Waals surface area contributed by atoms with Gasteiger partial charge in [0.2, 0.25) is 10.1 Å². The molecule has 0 N–H and O–H groups in total. The third-order valence-electron chi connectivity index (χ3n) is 2.54. The molecule has 0 aliphatic carbocycles. The Bertz CT molecular complexity index is 376. The molecule has 96 valence electrons. The Labute approximate surface area is 100 Å². The lowest BCUT2D eigenvalue weighted by molar-refractivity contribution is -0.138.